The smallest absolute Gasteiger partial charge is 0.340 e. The first-order valence-corrected chi connectivity index (χ1v) is 6.84. The van der Waals surface area contributed by atoms with Crippen molar-refractivity contribution in [2.75, 3.05) is 11.9 Å². The maximum absolute atomic E-state index is 12.1. The van der Waals surface area contributed by atoms with Crippen LogP contribution in [0.2, 0.25) is 0 Å². The summed E-state index contributed by atoms with van der Waals surface area (Å²) in [6.45, 7) is 2.00. The van der Waals surface area contributed by atoms with Crippen LogP contribution in [0.3, 0.4) is 0 Å². The number of carbonyl (C=O) groups is 2. The molecule has 0 aliphatic carbocycles. The van der Waals surface area contributed by atoms with E-state index < -0.39 is 5.97 Å². The molecule has 114 valence electrons. The lowest BCUT2D eigenvalue weighted by Crippen LogP contribution is -2.39. The maximum atomic E-state index is 12.1. The Balaban J connectivity index is 2.10. The summed E-state index contributed by atoms with van der Waals surface area (Å²) < 4.78 is 6.50. The predicted octanol–water partition coefficient (Wildman–Crippen LogP) is 1.50. The van der Waals surface area contributed by atoms with E-state index in [-0.39, 0.29) is 24.8 Å². The van der Waals surface area contributed by atoms with E-state index in [0.717, 1.165) is 0 Å². The second kappa shape index (κ2) is 7.21. The number of aromatic hydroxyl groups is 1. The third kappa shape index (κ3) is 4.05. The zero-order valence-electron chi connectivity index (χ0n) is 12.2. The molecule has 0 atom stereocenters. The Morgan fingerprint density at radius 1 is 1.23 bits per heavy atom. The number of benzene rings is 1. The van der Waals surface area contributed by atoms with Crippen LogP contribution in [0.15, 0.2) is 48.8 Å². The van der Waals surface area contributed by atoms with E-state index in [2.05, 4.69) is 5.32 Å². The molecule has 0 bridgehead atoms. The number of hydrogen-bond donors (Lipinski definition) is 2. The minimum Gasteiger partial charge on any atom is -0.503 e. The van der Waals surface area contributed by atoms with Crippen LogP contribution in [0.5, 0.6) is 5.75 Å². The van der Waals surface area contributed by atoms with Crippen LogP contribution in [0.25, 0.3) is 0 Å². The van der Waals surface area contributed by atoms with E-state index in [1.165, 1.54) is 16.8 Å². The van der Waals surface area contributed by atoms with Gasteiger partial charge in [0.05, 0.1) is 17.9 Å². The van der Waals surface area contributed by atoms with Gasteiger partial charge >= 0.3 is 5.97 Å². The van der Waals surface area contributed by atoms with Gasteiger partial charge in [0.1, 0.15) is 0 Å². The van der Waals surface area contributed by atoms with Crippen LogP contribution >= 0.6 is 0 Å². The molecule has 0 spiro atoms. The first kappa shape index (κ1) is 15.5. The van der Waals surface area contributed by atoms with Gasteiger partial charge in [0.2, 0.25) is 12.7 Å². The fraction of sp³-hybridized carbons (Fsp3) is 0.188. The van der Waals surface area contributed by atoms with Crippen molar-refractivity contribution < 1.29 is 24.0 Å². The molecule has 0 saturated heterocycles. The molecule has 1 amide bonds. The summed E-state index contributed by atoms with van der Waals surface area (Å²) >= 11 is 0. The lowest BCUT2D eigenvalue weighted by atomic mass is 10.2. The van der Waals surface area contributed by atoms with Crippen molar-refractivity contribution >= 4 is 17.6 Å². The van der Waals surface area contributed by atoms with Crippen molar-refractivity contribution in [3.05, 3.63) is 54.4 Å². The molecule has 0 radical (unpaired) electrons. The zero-order chi connectivity index (χ0) is 15.9. The van der Waals surface area contributed by atoms with Gasteiger partial charge in [0.25, 0.3) is 5.91 Å². The van der Waals surface area contributed by atoms with Gasteiger partial charge in [0, 0.05) is 6.07 Å². The highest BCUT2D eigenvalue weighted by molar-refractivity contribution is 6.00. The third-order valence-electron chi connectivity index (χ3n) is 2.87. The Morgan fingerprint density at radius 2 is 2.00 bits per heavy atom. The number of anilines is 1. The van der Waals surface area contributed by atoms with Crippen molar-refractivity contribution in [1.29, 1.82) is 0 Å². The minimum atomic E-state index is -0.483. The van der Waals surface area contributed by atoms with Crippen molar-refractivity contribution in [3.8, 4) is 5.75 Å². The van der Waals surface area contributed by atoms with Crippen LogP contribution in [-0.2, 0) is 16.1 Å². The number of carbonyl (C=O) groups excluding carboxylic acids is 2. The Bertz CT molecular complexity index is 685. The predicted molar refractivity (Wildman–Crippen MR) is 79.3 cm³/mol. The normalized spacial score (nSPS) is 10.0. The number of nitrogens with zero attached hydrogens (tertiary/aromatic N) is 1. The van der Waals surface area contributed by atoms with Gasteiger partial charge in [-0.1, -0.05) is 12.1 Å². The van der Waals surface area contributed by atoms with E-state index in [1.54, 1.807) is 43.5 Å². The summed E-state index contributed by atoms with van der Waals surface area (Å²) in [5.41, 5.74) is 0.699. The molecule has 2 rings (SSSR count). The number of para-hydroxylation sites is 1. The molecule has 22 heavy (non-hydrogen) atoms. The fourth-order valence-electron chi connectivity index (χ4n) is 1.94. The van der Waals surface area contributed by atoms with Gasteiger partial charge in [-0.15, -0.1) is 0 Å². The van der Waals surface area contributed by atoms with Crippen molar-refractivity contribution in [3.63, 3.8) is 0 Å². The van der Waals surface area contributed by atoms with Gasteiger partial charge in [-0.2, -0.15) is 4.57 Å². The Labute approximate surface area is 128 Å². The Kier molecular flexibility index (Phi) is 5.08. The third-order valence-corrected chi connectivity index (χ3v) is 2.87. The number of ether oxygens (including phenoxy) is 1. The minimum absolute atomic E-state index is 0.0194. The maximum Gasteiger partial charge on any atom is 0.340 e. The number of esters is 1. The summed E-state index contributed by atoms with van der Waals surface area (Å²) in [7, 11) is 0. The average molecular weight is 301 g/mol. The van der Waals surface area contributed by atoms with Crippen molar-refractivity contribution in [1.82, 2.24) is 0 Å². The first-order valence-electron chi connectivity index (χ1n) is 6.84. The van der Waals surface area contributed by atoms with E-state index in [0.29, 0.717) is 11.3 Å². The van der Waals surface area contributed by atoms with Gasteiger partial charge in [-0.3, -0.25) is 4.79 Å². The number of amides is 1. The van der Waals surface area contributed by atoms with Crippen LogP contribution < -0.4 is 9.88 Å². The summed E-state index contributed by atoms with van der Waals surface area (Å²) in [6.07, 6.45) is 3.10. The largest absolute Gasteiger partial charge is 0.503 e. The van der Waals surface area contributed by atoms with E-state index in [4.69, 9.17) is 4.74 Å². The van der Waals surface area contributed by atoms with Crippen LogP contribution in [0.4, 0.5) is 5.69 Å². The molecule has 1 heterocycles. The molecule has 0 aliphatic rings. The Morgan fingerprint density at radius 3 is 2.73 bits per heavy atom. The second-order valence-corrected chi connectivity index (χ2v) is 4.55. The van der Waals surface area contributed by atoms with Gasteiger partial charge in [0.15, 0.2) is 11.9 Å². The zero-order valence-corrected chi connectivity index (χ0v) is 12.2. The molecule has 6 nitrogen and oxygen atoms in total. The summed E-state index contributed by atoms with van der Waals surface area (Å²) in [4.78, 5) is 23.9. The molecule has 0 saturated carbocycles. The highest BCUT2D eigenvalue weighted by Crippen LogP contribution is 2.16. The summed E-state index contributed by atoms with van der Waals surface area (Å²) in [6, 6.07) is 9.80. The average Bonchev–Trinajstić information content (AvgIpc) is 2.48. The second-order valence-electron chi connectivity index (χ2n) is 4.55. The molecule has 1 aromatic carbocycles. The number of rotatable bonds is 5. The van der Waals surface area contributed by atoms with E-state index in [1.807, 2.05) is 0 Å². The quantitative estimate of drug-likeness (QED) is 0.648. The number of nitrogens with one attached hydrogen (secondary N) is 1. The summed E-state index contributed by atoms with van der Waals surface area (Å²) in [5.74, 6) is -0.724. The van der Waals surface area contributed by atoms with E-state index >= 15 is 0 Å². The van der Waals surface area contributed by atoms with Crippen LogP contribution in [0, 0.1) is 0 Å². The van der Waals surface area contributed by atoms with Crippen LogP contribution in [0.1, 0.15) is 17.3 Å². The molecular weight excluding hydrogens is 284 g/mol. The van der Waals surface area contributed by atoms with Gasteiger partial charge in [-0.05, 0) is 25.1 Å². The standard InChI is InChI=1S/C16H16N2O4/c1-2-22-16(21)13-7-3-4-8-14(13)17-15(20)11-18-9-5-6-12(19)10-18/h3-10H,2,11H2,1H3,(H-,17,19,20,21)/p+1. The van der Waals surface area contributed by atoms with E-state index in [9.17, 15) is 14.7 Å². The molecule has 0 unspecified atom stereocenters. The number of hydrogen-bond acceptors (Lipinski definition) is 4. The number of aromatic nitrogens is 1. The van der Waals surface area contributed by atoms with Crippen molar-refractivity contribution in [2.45, 2.75) is 13.5 Å². The highest BCUT2D eigenvalue weighted by atomic mass is 16.5. The molecule has 2 N–H and O–H groups in total. The topological polar surface area (TPSA) is 79.5 Å². The van der Waals surface area contributed by atoms with Gasteiger partial charge in [-0.25, -0.2) is 4.79 Å². The molecule has 2 aromatic rings. The summed E-state index contributed by atoms with van der Waals surface area (Å²) in [5, 5.41) is 12.1. The van der Waals surface area contributed by atoms with Crippen molar-refractivity contribution in [2.24, 2.45) is 0 Å². The monoisotopic (exact) mass is 301 g/mol. The fourth-order valence-corrected chi connectivity index (χ4v) is 1.94. The lowest BCUT2D eigenvalue weighted by molar-refractivity contribution is -0.684. The molecular formula is C16H17N2O4+. The molecule has 0 aliphatic heterocycles. The van der Waals surface area contributed by atoms with Crippen LogP contribution in [-0.4, -0.2) is 23.6 Å². The number of pyridine rings is 1. The van der Waals surface area contributed by atoms with Gasteiger partial charge < -0.3 is 15.2 Å². The lowest BCUT2D eigenvalue weighted by Gasteiger charge is -2.09. The molecule has 1 aromatic heterocycles. The highest BCUT2D eigenvalue weighted by Gasteiger charge is 2.16. The Hall–Kier alpha value is -2.89. The molecule has 0 fully saturated rings. The SMILES string of the molecule is CCOC(=O)c1ccccc1NC(=O)C[n+]1cccc(O)c1. The first-order chi connectivity index (χ1) is 10.6. The molecule has 6 heteroatoms.